The Hall–Kier alpha value is -1.07. The molecular formula is C14H13Br2ClF3N5O. The van der Waals surface area contributed by atoms with E-state index in [1.165, 1.54) is 4.68 Å². The van der Waals surface area contributed by atoms with Crippen LogP contribution >= 0.6 is 43.5 Å². The van der Waals surface area contributed by atoms with Crippen LogP contribution in [0.1, 0.15) is 47.1 Å². The molecule has 0 saturated heterocycles. The Bertz CT molecular complexity index is 831. The molecule has 2 heterocycles. The lowest BCUT2D eigenvalue weighted by atomic mass is 10.2. The Morgan fingerprint density at radius 3 is 2.62 bits per heavy atom. The van der Waals surface area contributed by atoms with Crippen molar-refractivity contribution in [1.29, 1.82) is 0 Å². The van der Waals surface area contributed by atoms with Crippen molar-refractivity contribution in [2.45, 2.75) is 37.9 Å². The van der Waals surface area contributed by atoms with Crippen molar-refractivity contribution in [3.05, 3.63) is 31.2 Å². The quantitative estimate of drug-likeness (QED) is 0.552. The molecule has 0 spiro atoms. The zero-order valence-electron chi connectivity index (χ0n) is 13.1. The number of alkyl halides is 3. The van der Waals surface area contributed by atoms with Crippen LogP contribution in [0.2, 0.25) is 5.02 Å². The number of carbonyl (C=O) groups is 1. The van der Waals surface area contributed by atoms with E-state index in [9.17, 15) is 18.0 Å². The number of aromatic amines is 1. The molecule has 1 saturated carbocycles. The highest BCUT2D eigenvalue weighted by Gasteiger charge is 2.41. The van der Waals surface area contributed by atoms with Crippen molar-refractivity contribution in [3.63, 3.8) is 0 Å². The van der Waals surface area contributed by atoms with Crippen LogP contribution in [-0.4, -0.2) is 32.4 Å². The number of carbonyl (C=O) groups excluding carboxylic acids is 1. The highest BCUT2D eigenvalue weighted by Crippen LogP contribution is 2.46. The van der Waals surface area contributed by atoms with Gasteiger partial charge in [-0.15, -0.1) is 0 Å². The largest absolute Gasteiger partial charge is 0.436 e. The molecule has 142 valence electrons. The lowest BCUT2D eigenvalue weighted by Crippen LogP contribution is -2.26. The second-order valence-electron chi connectivity index (χ2n) is 5.85. The smallest absolute Gasteiger partial charge is 0.351 e. The van der Waals surface area contributed by atoms with Crippen LogP contribution in [0.4, 0.5) is 13.2 Å². The third-order valence-corrected chi connectivity index (χ3v) is 6.13. The van der Waals surface area contributed by atoms with Gasteiger partial charge in [0.25, 0.3) is 5.91 Å². The highest BCUT2D eigenvalue weighted by molar-refractivity contribution is 9.13. The minimum atomic E-state index is -4.58. The predicted molar refractivity (Wildman–Crippen MR) is 95.2 cm³/mol. The molecule has 2 aromatic heterocycles. The summed E-state index contributed by atoms with van der Waals surface area (Å²) in [5, 5.41) is 12.5. The van der Waals surface area contributed by atoms with Gasteiger partial charge in [-0.1, -0.05) is 11.6 Å². The Balaban J connectivity index is 1.61. The second-order valence-corrected chi connectivity index (χ2v) is 7.82. The Labute approximate surface area is 168 Å². The molecule has 1 aliphatic carbocycles. The molecule has 2 N–H and O–H groups in total. The van der Waals surface area contributed by atoms with Gasteiger partial charge in [-0.25, -0.2) is 0 Å². The first-order valence-corrected chi connectivity index (χ1v) is 9.67. The summed E-state index contributed by atoms with van der Waals surface area (Å²) in [5.41, 5.74) is -0.420. The molecule has 1 amide bonds. The fraction of sp³-hybridized carbons (Fsp3) is 0.500. The summed E-state index contributed by atoms with van der Waals surface area (Å²) in [6.07, 6.45) is -2.56. The number of nitrogens with one attached hydrogen (secondary N) is 2. The number of halogens is 6. The fourth-order valence-electron chi connectivity index (χ4n) is 2.52. The molecule has 6 nitrogen and oxygen atoms in total. The molecule has 26 heavy (non-hydrogen) atoms. The van der Waals surface area contributed by atoms with Gasteiger partial charge in [0, 0.05) is 19.0 Å². The van der Waals surface area contributed by atoms with Gasteiger partial charge in [0.15, 0.2) is 11.4 Å². The van der Waals surface area contributed by atoms with Crippen molar-refractivity contribution >= 4 is 49.4 Å². The number of rotatable bonds is 6. The Kier molecular flexibility index (Phi) is 5.69. The maximum absolute atomic E-state index is 13.0. The van der Waals surface area contributed by atoms with Crippen molar-refractivity contribution in [1.82, 2.24) is 25.3 Å². The monoisotopic (exact) mass is 517 g/mol. The molecule has 0 radical (unpaired) electrons. The number of aryl methyl sites for hydroxylation is 1. The van der Waals surface area contributed by atoms with Crippen LogP contribution in [-0.2, 0) is 12.7 Å². The summed E-state index contributed by atoms with van der Waals surface area (Å²) < 4.78 is 41.4. The SMILES string of the molecule is O=C(NCCCn1nc(C(F)(F)F)c(Cl)c1C1CC1)c1n[nH]c(Br)c1Br. The van der Waals surface area contributed by atoms with Gasteiger partial charge in [0.2, 0.25) is 0 Å². The summed E-state index contributed by atoms with van der Waals surface area (Å²) in [4.78, 5) is 12.0. The molecule has 1 fully saturated rings. The van der Waals surface area contributed by atoms with E-state index in [2.05, 4.69) is 52.5 Å². The molecule has 0 atom stereocenters. The topological polar surface area (TPSA) is 75.6 Å². The van der Waals surface area contributed by atoms with E-state index < -0.39 is 17.8 Å². The normalized spacial score (nSPS) is 14.7. The van der Waals surface area contributed by atoms with Crippen LogP contribution in [0.3, 0.4) is 0 Å². The zero-order valence-corrected chi connectivity index (χ0v) is 17.1. The summed E-state index contributed by atoms with van der Waals surface area (Å²) in [5.74, 6) is -0.367. The second kappa shape index (κ2) is 7.51. The number of amides is 1. The minimum absolute atomic E-state index is 0.0260. The summed E-state index contributed by atoms with van der Waals surface area (Å²) in [6.45, 7) is 0.492. The van der Waals surface area contributed by atoms with Gasteiger partial charge >= 0.3 is 6.18 Å². The van der Waals surface area contributed by atoms with Crippen molar-refractivity contribution < 1.29 is 18.0 Å². The fourth-order valence-corrected chi connectivity index (χ4v) is 3.55. The van der Waals surface area contributed by atoms with Gasteiger partial charge in [0.1, 0.15) is 4.60 Å². The zero-order chi connectivity index (χ0) is 19.1. The van der Waals surface area contributed by atoms with Gasteiger partial charge in [0.05, 0.1) is 15.2 Å². The number of aromatic nitrogens is 4. The van der Waals surface area contributed by atoms with E-state index in [1.807, 2.05) is 0 Å². The molecule has 0 aliphatic heterocycles. The van der Waals surface area contributed by atoms with Gasteiger partial charge in [-0.3, -0.25) is 14.6 Å². The van der Waals surface area contributed by atoms with Crippen LogP contribution in [0, 0.1) is 0 Å². The van der Waals surface area contributed by atoms with E-state index in [1.54, 1.807) is 0 Å². The van der Waals surface area contributed by atoms with Gasteiger partial charge in [-0.05, 0) is 51.1 Å². The van der Waals surface area contributed by atoms with E-state index in [4.69, 9.17) is 11.6 Å². The molecule has 3 rings (SSSR count). The molecule has 12 heteroatoms. The molecule has 1 aliphatic rings. The minimum Gasteiger partial charge on any atom is -0.351 e. The van der Waals surface area contributed by atoms with Crippen molar-refractivity contribution in [2.24, 2.45) is 0 Å². The van der Waals surface area contributed by atoms with Crippen LogP contribution in [0.25, 0.3) is 0 Å². The third-order valence-electron chi connectivity index (χ3n) is 3.88. The van der Waals surface area contributed by atoms with Gasteiger partial charge in [-0.2, -0.15) is 23.4 Å². The lowest BCUT2D eigenvalue weighted by Gasteiger charge is -2.08. The van der Waals surface area contributed by atoms with Crippen molar-refractivity contribution in [3.8, 4) is 0 Å². The van der Waals surface area contributed by atoms with Crippen LogP contribution in [0.15, 0.2) is 9.08 Å². The summed E-state index contributed by atoms with van der Waals surface area (Å²) in [7, 11) is 0. The first-order chi connectivity index (χ1) is 12.2. The molecule has 2 aromatic rings. The first kappa shape index (κ1) is 19.7. The number of hydrogen-bond donors (Lipinski definition) is 2. The van der Waals surface area contributed by atoms with E-state index in [0.717, 1.165) is 12.8 Å². The standard InChI is InChI=1S/C14H13Br2ClF3N5O/c15-7-9(22-23-12(7)16)13(26)21-4-1-5-25-10(6-2-3-6)8(17)11(24-25)14(18,19)20/h6H,1-5H2,(H,21,26)(H,22,23). The Morgan fingerprint density at radius 2 is 2.08 bits per heavy atom. The maximum atomic E-state index is 13.0. The Morgan fingerprint density at radius 1 is 1.38 bits per heavy atom. The molecule has 0 aromatic carbocycles. The maximum Gasteiger partial charge on any atom is 0.436 e. The van der Waals surface area contributed by atoms with Crippen molar-refractivity contribution in [2.75, 3.05) is 6.54 Å². The van der Waals surface area contributed by atoms with Gasteiger partial charge < -0.3 is 5.32 Å². The van der Waals surface area contributed by atoms with Crippen LogP contribution in [0.5, 0.6) is 0 Å². The summed E-state index contributed by atoms with van der Waals surface area (Å²) >= 11 is 12.3. The van der Waals surface area contributed by atoms with Crippen LogP contribution < -0.4 is 5.32 Å². The number of hydrogen-bond acceptors (Lipinski definition) is 3. The summed E-state index contributed by atoms with van der Waals surface area (Å²) in [6, 6.07) is 0. The average molecular weight is 520 g/mol. The first-order valence-electron chi connectivity index (χ1n) is 7.71. The number of nitrogens with zero attached hydrogens (tertiary/aromatic N) is 3. The van der Waals surface area contributed by atoms with E-state index in [-0.39, 0.29) is 29.7 Å². The highest BCUT2D eigenvalue weighted by atomic mass is 79.9. The lowest BCUT2D eigenvalue weighted by molar-refractivity contribution is -0.141. The average Bonchev–Trinajstić information content (AvgIpc) is 3.25. The molecular weight excluding hydrogens is 506 g/mol. The molecule has 0 bridgehead atoms. The van der Waals surface area contributed by atoms with E-state index >= 15 is 0 Å². The van der Waals surface area contributed by atoms with E-state index in [0.29, 0.717) is 21.2 Å². The third kappa shape index (κ3) is 4.09. The molecule has 0 unspecified atom stereocenters. The number of H-pyrrole nitrogens is 1. The predicted octanol–water partition coefficient (Wildman–Crippen LogP) is 4.50.